The lowest BCUT2D eigenvalue weighted by Crippen LogP contribution is -2.08. The smallest absolute Gasteiger partial charge is 0.191 e. The first-order chi connectivity index (χ1) is 14.9. The Morgan fingerprint density at radius 2 is 1.77 bits per heavy atom. The molecule has 0 aliphatic heterocycles. The lowest BCUT2D eigenvalue weighted by atomic mass is 10.2. The lowest BCUT2D eigenvalue weighted by molar-refractivity contribution is 0.102. The average molecular weight is 435 g/mol. The van der Waals surface area contributed by atoms with Crippen molar-refractivity contribution in [3.63, 3.8) is 0 Å². The highest BCUT2D eigenvalue weighted by Gasteiger charge is 2.19. The van der Waals surface area contributed by atoms with Crippen molar-refractivity contribution >= 4 is 17.5 Å². The van der Waals surface area contributed by atoms with Gasteiger partial charge in [0.15, 0.2) is 10.9 Å². The Bertz CT molecular complexity index is 1230. The third-order valence-electron chi connectivity index (χ3n) is 5.22. The van der Waals surface area contributed by atoms with Gasteiger partial charge < -0.3 is 9.13 Å². The Morgan fingerprint density at radius 1 is 1.00 bits per heavy atom. The molecule has 158 valence electrons. The second-order valence-corrected chi connectivity index (χ2v) is 8.36. The van der Waals surface area contributed by atoms with Crippen LogP contribution < -0.4 is 0 Å². The molecule has 0 unspecified atom stereocenters. The third kappa shape index (κ3) is 4.46. The minimum absolute atomic E-state index is 0.00710. The van der Waals surface area contributed by atoms with Crippen LogP contribution in [0.15, 0.2) is 65.8 Å². The number of benzene rings is 2. The summed E-state index contributed by atoms with van der Waals surface area (Å²) in [6.07, 6.45) is 0. The van der Waals surface area contributed by atoms with Crippen LogP contribution in [0.2, 0.25) is 0 Å². The molecule has 2 aromatic heterocycles. The largest absolute Gasteiger partial charge is 0.318 e. The van der Waals surface area contributed by atoms with Gasteiger partial charge in [0.1, 0.15) is 11.6 Å². The number of thioether (sulfide) groups is 1. The van der Waals surface area contributed by atoms with Gasteiger partial charge in [-0.15, -0.1) is 10.2 Å². The van der Waals surface area contributed by atoms with Crippen molar-refractivity contribution in [2.24, 2.45) is 0 Å². The van der Waals surface area contributed by atoms with Gasteiger partial charge in [0.25, 0.3) is 0 Å². The molecule has 0 N–H and O–H groups in total. The second kappa shape index (κ2) is 8.89. The van der Waals surface area contributed by atoms with Crippen molar-refractivity contribution in [2.45, 2.75) is 32.5 Å². The Kier molecular flexibility index (Phi) is 6.04. The number of Topliss-reactive ketones (excluding diaryl/α,β-unsaturated/α-hetero) is 1. The molecular weight excluding hydrogens is 411 g/mol. The first kappa shape index (κ1) is 21.1. The Labute approximate surface area is 184 Å². The van der Waals surface area contributed by atoms with Gasteiger partial charge in [-0.25, -0.2) is 4.39 Å². The van der Waals surface area contributed by atoms with Gasteiger partial charge >= 0.3 is 0 Å². The van der Waals surface area contributed by atoms with Crippen LogP contribution in [-0.2, 0) is 6.54 Å². The summed E-state index contributed by atoms with van der Waals surface area (Å²) in [6, 6.07) is 18.3. The number of aryl methyl sites for hydroxylation is 2. The molecule has 4 rings (SSSR count). The Balaban J connectivity index is 1.52. The number of hydrogen-bond acceptors (Lipinski definition) is 4. The minimum Gasteiger partial charge on any atom is -0.318 e. The highest BCUT2D eigenvalue weighted by Crippen LogP contribution is 2.25. The van der Waals surface area contributed by atoms with Crippen molar-refractivity contribution < 1.29 is 9.18 Å². The molecule has 0 aliphatic rings. The monoisotopic (exact) mass is 434 g/mol. The molecule has 0 bridgehead atoms. The minimum atomic E-state index is -0.304. The normalized spacial score (nSPS) is 11.1. The third-order valence-corrected chi connectivity index (χ3v) is 6.18. The number of carbonyl (C=O) groups is 1. The van der Waals surface area contributed by atoms with Gasteiger partial charge in [-0.2, -0.15) is 0 Å². The van der Waals surface area contributed by atoms with Gasteiger partial charge in [-0.1, -0.05) is 48.2 Å². The van der Waals surface area contributed by atoms with Crippen LogP contribution in [-0.4, -0.2) is 30.9 Å². The van der Waals surface area contributed by atoms with E-state index in [2.05, 4.69) is 22.3 Å². The molecule has 0 spiro atoms. The van der Waals surface area contributed by atoms with Gasteiger partial charge in [0.05, 0.1) is 12.3 Å². The van der Waals surface area contributed by atoms with Gasteiger partial charge in [-0.05, 0) is 50.6 Å². The van der Waals surface area contributed by atoms with E-state index in [1.807, 2.05) is 60.2 Å². The topological polar surface area (TPSA) is 52.7 Å². The highest BCUT2D eigenvalue weighted by molar-refractivity contribution is 7.99. The second-order valence-electron chi connectivity index (χ2n) is 7.41. The van der Waals surface area contributed by atoms with Crippen LogP contribution in [0.3, 0.4) is 0 Å². The number of rotatable bonds is 7. The van der Waals surface area contributed by atoms with E-state index in [9.17, 15) is 9.18 Å². The molecule has 0 saturated heterocycles. The number of halogens is 1. The van der Waals surface area contributed by atoms with Crippen LogP contribution in [0, 0.1) is 26.6 Å². The van der Waals surface area contributed by atoms with Gasteiger partial charge in [0.2, 0.25) is 0 Å². The fourth-order valence-corrected chi connectivity index (χ4v) is 4.55. The summed E-state index contributed by atoms with van der Waals surface area (Å²) in [7, 11) is 0. The van der Waals surface area contributed by atoms with E-state index in [0.29, 0.717) is 23.0 Å². The summed E-state index contributed by atoms with van der Waals surface area (Å²) >= 11 is 1.38. The van der Waals surface area contributed by atoms with E-state index in [0.717, 1.165) is 22.8 Å². The number of ketones is 1. The first-order valence-corrected chi connectivity index (χ1v) is 11.0. The number of hydrogen-bond donors (Lipinski definition) is 0. The molecule has 2 heterocycles. The van der Waals surface area contributed by atoms with Crippen molar-refractivity contribution in [1.82, 2.24) is 19.3 Å². The van der Waals surface area contributed by atoms with E-state index in [1.54, 1.807) is 6.07 Å². The number of nitrogens with zero attached hydrogens (tertiary/aromatic N) is 4. The zero-order chi connectivity index (χ0) is 22.0. The zero-order valence-corrected chi connectivity index (χ0v) is 18.5. The fourth-order valence-electron chi connectivity index (χ4n) is 3.68. The van der Waals surface area contributed by atoms with E-state index >= 15 is 0 Å². The molecule has 0 radical (unpaired) electrons. The first-order valence-electron chi connectivity index (χ1n) is 9.98. The standard InChI is InChI=1S/C24H23FN4OS/c1-16-12-22(17(2)29(16)21-11-7-10-20(25)13-21)23(30)15-31-24-27-26-18(3)28(24)14-19-8-5-4-6-9-19/h4-13H,14-15H2,1-3H3. The molecule has 0 aliphatic carbocycles. The van der Waals surface area contributed by atoms with Gasteiger partial charge in [-0.3, -0.25) is 4.79 Å². The molecule has 0 saturated carbocycles. The van der Waals surface area contributed by atoms with Crippen LogP contribution in [0.4, 0.5) is 4.39 Å². The van der Waals surface area contributed by atoms with Gasteiger partial charge in [0, 0.05) is 22.6 Å². The fraction of sp³-hybridized carbons (Fsp3) is 0.208. The predicted octanol–water partition coefficient (Wildman–Crippen LogP) is 5.16. The van der Waals surface area contributed by atoms with Crippen LogP contribution >= 0.6 is 11.8 Å². The van der Waals surface area contributed by atoms with E-state index in [4.69, 9.17) is 0 Å². The maximum Gasteiger partial charge on any atom is 0.191 e. The quantitative estimate of drug-likeness (QED) is 0.298. The van der Waals surface area contributed by atoms with E-state index in [1.165, 1.54) is 23.9 Å². The van der Waals surface area contributed by atoms with Crippen molar-refractivity contribution in [3.05, 3.63) is 94.8 Å². The molecule has 4 aromatic rings. The van der Waals surface area contributed by atoms with Crippen LogP contribution in [0.5, 0.6) is 0 Å². The Morgan fingerprint density at radius 3 is 2.52 bits per heavy atom. The Hall–Kier alpha value is -3.19. The molecule has 0 fully saturated rings. The summed E-state index contributed by atoms with van der Waals surface area (Å²) in [5, 5.41) is 9.16. The zero-order valence-electron chi connectivity index (χ0n) is 17.7. The molecule has 5 nitrogen and oxygen atoms in total. The summed E-state index contributed by atoms with van der Waals surface area (Å²) in [6.45, 7) is 6.37. The highest BCUT2D eigenvalue weighted by atomic mass is 32.2. The lowest BCUT2D eigenvalue weighted by Gasteiger charge is -2.10. The van der Waals surface area contributed by atoms with Crippen molar-refractivity contribution in [3.8, 4) is 5.69 Å². The summed E-state index contributed by atoms with van der Waals surface area (Å²) < 4.78 is 17.6. The van der Waals surface area contributed by atoms with Crippen LogP contribution in [0.25, 0.3) is 5.69 Å². The molecule has 31 heavy (non-hydrogen) atoms. The molecule has 2 aromatic carbocycles. The molecular formula is C24H23FN4OS. The van der Waals surface area contributed by atoms with E-state index < -0.39 is 0 Å². The average Bonchev–Trinajstić information content (AvgIpc) is 3.25. The number of carbonyl (C=O) groups excluding carboxylic acids is 1. The predicted molar refractivity (Wildman–Crippen MR) is 121 cm³/mol. The maximum absolute atomic E-state index is 13.7. The molecule has 0 atom stereocenters. The van der Waals surface area contributed by atoms with Crippen molar-refractivity contribution in [2.75, 3.05) is 5.75 Å². The van der Waals surface area contributed by atoms with E-state index in [-0.39, 0.29) is 17.4 Å². The summed E-state index contributed by atoms with van der Waals surface area (Å²) in [5.41, 5.74) is 4.19. The number of aromatic nitrogens is 4. The summed E-state index contributed by atoms with van der Waals surface area (Å²) in [4.78, 5) is 13.0. The van der Waals surface area contributed by atoms with Crippen LogP contribution in [0.1, 0.15) is 33.1 Å². The SMILES string of the molecule is Cc1nnc(SCC(=O)c2cc(C)n(-c3cccc(F)c3)c2C)n1Cc1ccccc1. The van der Waals surface area contributed by atoms with Crippen molar-refractivity contribution in [1.29, 1.82) is 0 Å². The molecule has 0 amide bonds. The maximum atomic E-state index is 13.7. The summed E-state index contributed by atoms with van der Waals surface area (Å²) in [5.74, 6) is 0.762. The molecule has 7 heteroatoms.